The zero-order valence-corrected chi connectivity index (χ0v) is 9.08. The smallest absolute Gasteiger partial charge is 0.216 e. The summed E-state index contributed by atoms with van der Waals surface area (Å²) >= 11 is 0. The molecule has 3 heteroatoms. The number of carbonyl (C=O) groups excluding carboxylic acids is 1. The van der Waals surface area contributed by atoms with Gasteiger partial charge in [0.2, 0.25) is 5.91 Å². The largest absolute Gasteiger partial charge is 0.355 e. The summed E-state index contributed by atoms with van der Waals surface area (Å²) in [7, 11) is 0. The Morgan fingerprint density at radius 1 is 1.57 bits per heavy atom. The Balaban J connectivity index is 2.50. The van der Waals surface area contributed by atoms with Crippen molar-refractivity contribution in [3.8, 4) is 0 Å². The van der Waals surface area contributed by atoms with Crippen LogP contribution in [0.2, 0.25) is 0 Å². The molecule has 0 spiro atoms. The van der Waals surface area contributed by atoms with Crippen LogP contribution in [0.3, 0.4) is 0 Å². The van der Waals surface area contributed by atoms with Gasteiger partial charge in [-0.05, 0) is 18.1 Å². The number of rotatable bonds is 4. The van der Waals surface area contributed by atoms with Gasteiger partial charge < -0.3 is 9.88 Å². The molecule has 0 unspecified atom stereocenters. The maximum absolute atomic E-state index is 10.7. The first-order chi connectivity index (χ1) is 6.61. The Morgan fingerprint density at radius 3 is 2.86 bits per heavy atom. The quantitative estimate of drug-likeness (QED) is 0.778. The van der Waals surface area contributed by atoms with E-state index in [1.807, 2.05) is 6.07 Å². The summed E-state index contributed by atoms with van der Waals surface area (Å²) in [6, 6.07) is 4.17. The molecule has 0 aromatic carbocycles. The zero-order chi connectivity index (χ0) is 10.6. The van der Waals surface area contributed by atoms with Crippen LogP contribution in [0.25, 0.3) is 0 Å². The van der Waals surface area contributed by atoms with Gasteiger partial charge in [-0.1, -0.05) is 13.8 Å². The van der Waals surface area contributed by atoms with Gasteiger partial charge in [0.1, 0.15) is 0 Å². The highest BCUT2D eigenvalue weighted by atomic mass is 16.1. The molecule has 1 aromatic rings. The van der Waals surface area contributed by atoms with Crippen LogP contribution in [0.4, 0.5) is 0 Å². The fourth-order valence-electron chi connectivity index (χ4n) is 1.51. The second-order valence-corrected chi connectivity index (χ2v) is 3.76. The molecular weight excluding hydrogens is 176 g/mol. The summed E-state index contributed by atoms with van der Waals surface area (Å²) in [5.41, 5.74) is 1.32. The van der Waals surface area contributed by atoms with Crippen LogP contribution in [-0.2, 0) is 11.3 Å². The van der Waals surface area contributed by atoms with Crippen molar-refractivity contribution in [1.29, 1.82) is 0 Å². The summed E-state index contributed by atoms with van der Waals surface area (Å²) in [5, 5.41) is 2.79. The molecule has 0 aliphatic heterocycles. The third-order valence-corrected chi connectivity index (χ3v) is 2.18. The van der Waals surface area contributed by atoms with E-state index in [9.17, 15) is 4.79 Å². The van der Waals surface area contributed by atoms with Crippen LogP contribution in [0, 0.1) is 0 Å². The first kappa shape index (κ1) is 10.8. The third-order valence-electron chi connectivity index (χ3n) is 2.18. The van der Waals surface area contributed by atoms with Gasteiger partial charge in [0.15, 0.2) is 0 Å². The predicted molar refractivity (Wildman–Crippen MR) is 57.2 cm³/mol. The highest BCUT2D eigenvalue weighted by Crippen LogP contribution is 2.14. The minimum Gasteiger partial charge on any atom is -0.355 e. The molecule has 0 radical (unpaired) electrons. The molecule has 0 aliphatic carbocycles. The molecule has 0 saturated carbocycles. The standard InChI is InChI=1S/C11H18N2O/c1-9(2)11-5-4-7-13(11)8-6-12-10(3)14/h4-5,7,9H,6,8H2,1-3H3,(H,12,14). The lowest BCUT2D eigenvalue weighted by Crippen LogP contribution is -2.24. The van der Waals surface area contributed by atoms with Crippen LogP contribution in [-0.4, -0.2) is 17.0 Å². The van der Waals surface area contributed by atoms with Gasteiger partial charge in [-0.15, -0.1) is 0 Å². The first-order valence-electron chi connectivity index (χ1n) is 5.00. The van der Waals surface area contributed by atoms with E-state index in [0.29, 0.717) is 12.5 Å². The normalized spacial score (nSPS) is 10.6. The summed E-state index contributed by atoms with van der Waals surface area (Å²) in [6.07, 6.45) is 2.05. The van der Waals surface area contributed by atoms with Gasteiger partial charge in [0, 0.05) is 31.9 Å². The Kier molecular flexibility index (Phi) is 3.74. The minimum absolute atomic E-state index is 0.0308. The van der Waals surface area contributed by atoms with E-state index >= 15 is 0 Å². The Hall–Kier alpha value is -1.25. The summed E-state index contributed by atoms with van der Waals surface area (Å²) in [5.74, 6) is 0.561. The molecule has 0 atom stereocenters. The topological polar surface area (TPSA) is 34.0 Å². The first-order valence-corrected chi connectivity index (χ1v) is 5.00. The average Bonchev–Trinajstić information content (AvgIpc) is 2.51. The Labute approximate surface area is 85.1 Å². The van der Waals surface area contributed by atoms with Gasteiger partial charge >= 0.3 is 0 Å². The molecule has 0 fully saturated rings. The monoisotopic (exact) mass is 194 g/mol. The van der Waals surface area contributed by atoms with E-state index in [-0.39, 0.29) is 5.91 Å². The van der Waals surface area contributed by atoms with Crippen LogP contribution < -0.4 is 5.32 Å². The van der Waals surface area contributed by atoms with Gasteiger partial charge in [-0.3, -0.25) is 4.79 Å². The van der Waals surface area contributed by atoms with Crippen LogP contribution >= 0.6 is 0 Å². The van der Waals surface area contributed by atoms with Crippen molar-refractivity contribution in [2.75, 3.05) is 6.54 Å². The van der Waals surface area contributed by atoms with Crippen molar-refractivity contribution in [2.45, 2.75) is 33.2 Å². The minimum atomic E-state index is 0.0308. The fourth-order valence-corrected chi connectivity index (χ4v) is 1.51. The zero-order valence-electron chi connectivity index (χ0n) is 9.08. The van der Waals surface area contributed by atoms with Crippen molar-refractivity contribution in [1.82, 2.24) is 9.88 Å². The number of hydrogen-bond donors (Lipinski definition) is 1. The summed E-state index contributed by atoms with van der Waals surface area (Å²) in [4.78, 5) is 10.7. The number of amides is 1. The van der Waals surface area contributed by atoms with Crippen molar-refractivity contribution in [3.63, 3.8) is 0 Å². The molecule has 3 nitrogen and oxygen atoms in total. The molecule has 0 bridgehead atoms. The highest BCUT2D eigenvalue weighted by Gasteiger charge is 2.04. The predicted octanol–water partition coefficient (Wildman–Crippen LogP) is 1.75. The van der Waals surface area contributed by atoms with Crippen molar-refractivity contribution in [3.05, 3.63) is 24.0 Å². The van der Waals surface area contributed by atoms with E-state index in [0.717, 1.165) is 6.54 Å². The van der Waals surface area contributed by atoms with E-state index in [1.165, 1.54) is 5.69 Å². The molecule has 1 N–H and O–H groups in total. The van der Waals surface area contributed by atoms with Crippen LogP contribution in [0.1, 0.15) is 32.4 Å². The lowest BCUT2D eigenvalue weighted by Gasteiger charge is -2.11. The van der Waals surface area contributed by atoms with Gasteiger partial charge in [0.25, 0.3) is 0 Å². The number of hydrogen-bond acceptors (Lipinski definition) is 1. The molecule has 14 heavy (non-hydrogen) atoms. The Bertz CT molecular complexity index is 302. The van der Waals surface area contributed by atoms with E-state index < -0.39 is 0 Å². The molecule has 78 valence electrons. The molecule has 0 saturated heterocycles. The summed E-state index contributed by atoms with van der Waals surface area (Å²) in [6.45, 7) is 7.43. The van der Waals surface area contributed by atoms with E-state index in [2.05, 4.69) is 36.0 Å². The third kappa shape index (κ3) is 2.91. The van der Waals surface area contributed by atoms with Crippen molar-refractivity contribution < 1.29 is 4.79 Å². The number of nitrogens with zero attached hydrogens (tertiary/aromatic N) is 1. The van der Waals surface area contributed by atoms with Crippen LogP contribution in [0.5, 0.6) is 0 Å². The average molecular weight is 194 g/mol. The maximum Gasteiger partial charge on any atom is 0.216 e. The molecular formula is C11H18N2O. The number of carbonyl (C=O) groups is 1. The van der Waals surface area contributed by atoms with Crippen LogP contribution in [0.15, 0.2) is 18.3 Å². The van der Waals surface area contributed by atoms with E-state index in [4.69, 9.17) is 0 Å². The molecule has 1 amide bonds. The van der Waals surface area contributed by atoms with Gasteiger partial charge in [-0.2, -0.15) is 0 Å². The number of nitrogens with one attached hydrogen (secondary N) is 1. The molecule has 1 rings (SSSR count). The molecule has 1 heterocycles. The van der Waals surface area contributed by atoms with Crippen molar-refractivity contribution >= 4 is 5.91 Å². The maximum atomic E-state index is 10.7. The van der Waals surface area contributed by atoms with Crippen molar-refractivity contribution in [2.24, 2.45) is 0 Å². The summed E-state index contributed by atoms with van der Waals surface area (Å²) < 4.78 is 2.18. The second-order valence-electron chi connectivity index (χ2n) is 3.76. The molecule has 0 aliphatic rings. The molecule has 1 aromatic heterocycles. The van der Waals surface area contributed by atoms with E-state index in [1.54, 1.807) is 6.92 Å². The highest BCUT2D eigenvalue weighted by molar-refractivity contribution is 5.72. The fraction of sp³-hybridized carbons (Fsp3) is 0.545. The Morgan fingerprint density at radius 2 is 2.29 bits per heavy atom. The second kappa shape index (κ2) is 4.84. The lowest BCUT2D eigenvalue weighted by atomic mass is 10.1. The van der Waals surface area contributed by atoms with Gasteiger partial charge in [0.05, 0.1) is 0 Å². The number of aromatic nitrogens is 1. The van der Waals surface area contributed by atoms with Gasteiger partial charge in [-0.25, -0.2) is 0 Å². The SMILES string of the molecule is CC(=O)NCCn1cccc1C(C)C. The lowest BCUT2D eigenvalue weighted by molar-refractivity contribution is -0.118.